The summed E-state index contributed by atoms with van der Waals surface area (Å²) in [6.45, 7) is 1.98. The molecule has 0 bridgehead atoms. The van der Waals surface area contributed by atoms with Gasteiger partial charge in [0.1, 0.15) is 6.33 Å². The molecule has 0 fully saturated rings. The predicted octanol–water partition coefficient (Wildman–Crippen LogP) is 0.827. The van der Waals surface area contributed by atoms with E-state index in [1.807, 2.05) is 38.1 Å². The third-order valence-corrected chi connectivity index (χ3v) is 2.54. The van der Waals surface area contributed by atoms with E-state index in [0.717, 1.165) is 17.0 Å². The van der Waals surface area contributed by atoms with Crippen molar-refractivity contribution >= 4 is 0 Å². The van der Waals surface area contributed by atoms with Gasteiger partial charge in [0.15, 0.2) is 0 Å². The normalized spacial score (nSPS) is 12.7. The Bertz CT molecular complexity index is 462. The van der Waals surface area contributed by atoms with Crippen LogP contribution in [0.4, 0.5) is 0 Å². The van der Waals surface area contributed by atoms with Crippen LogP contribution in [0.3, 0.4) is 0 Å². The van der Waals surface area contributed by atoms with Crippen LogP contribution in [0.2, 0.25) is 0 Å². The SMILES string of the molecule is CNC(c1cncnc1)c1cc(C)nn1C. The van der Waals surface area contributed by atoms with Crippen molar-refractivity contribution in [1.82, 2.24) is 25.1 Å². The van der Waals surface area contributed by atoms with E-state index in [1.165, 1.54) is 6.33 Å². The first-order chi connectivity index (χ1) is 7.72. The van der Waals surface area contributed by atoms with Crippen molar-refractivity contribution in [2.75, 3.05) is 7.05 Å². The highest BCUT2D eigenvalue weighted by Gasteiger charge is 2.16. The van der Waals surface area contributed by atoms with Crippen LogP contribution in [0, 0.1) is 6.92 Å². The number of hydrogen-bond donors (Lipinski definition) is 1. The van der Waals surface area contributed by atoms with Gasteiger partial charge in [-0.25, -0.2) is 9.97 Å². The number of hydrogen-bond acceptors (Lipinski definition) is 4. The van der Waals surface area contributed by atoms with E-state index in [4.69, 9.17) is 0 Å². The number of nitrogens with one attached hydrogen (secondary N) is 1. The lowest BCUT2D eigenvalue weighted by Gasteiger charge is -2.15. The Hall–Kier alpha value is -1.75. The van der Waals surface area contributed by atoms with Crippen LogP contribution >= 0.6 is 0 Å². The zero-order chi connectivity index (χ0) is 11.5. The Morgan fingerprint density at radius 1 is 1.31 bits per heavy atom. The molecule has 0 saturated heterocycles. The van der Waals surface area contributed by atoms with Crippen molar-refractivity contribution in [3.63, 3.8) is 0 Å². The Kier molecular flexibility index (Phi) is 2.96. The van der Waals surface area contributed by atoms with Gasteiger partial charge >= 0.3 is 0 Å². The highest BCUT2D eigenvalue weighted by molar-refractivity contribution is 5.24. The topological polar surface area (TPSA) is 55.6 Å². The number of nitrogens with zero attached hydrogens (tertiary/aromatic N) is 4. The van der Waals surface area contributed by atoms with Crippen molar-refractivity contribution in [2.24, 2.45) is 7.05 Å². The second kappa shape index (κ2) is 4.40. The van der Waals surface area contributed by atoms with Gasteiger partial charge in [-0.15, -0.1) is 0 Å². The molecule has 0 aliphatic rings. The van der Waals surface area contributed by atoms with E-state index < -0.39 is 0 Å². The quantitative estimate of drug-likeness (QED) is 0.827. The van der Waals surface area contributed by atoms with Crippen molar-refractivity contribution in [2.45, 2.75) is 13.0 Å². The summed E-state index contributed by atoms with van der Waals surface area (Å²) < 4.78 is 1.88. The highest BCUT2D eigenvalue weighted by Crippen LogP contribution is 2.20. The summed E-state index contributed by atoms with van der Waals surface area (Å²) in [4.78, 5) is 8.07. The maximum absolute atomic E-state index is 4.34. The number of aromatic nitrogens is 4. The molecule has 0 spiro atoms. The third kappa shape index (κ3) is 1.94. The van der Waals surface area contributed by atoms with Gasteiger partial charge in [0, 0.05) is 25.0 Å². The lowest BCUT2D eigenvalue weighted by atomic mass is 10.1. The zero-order valence-electron chi connectivity index (χ0n) is 9.68. The highest BCUT2D eigenvalue weighted by atomic mass is 15.3. The molecule has 0 aliphatic carbocycles. The van der Waals surface area contributed by atoms with Crippen molar-refractivity contribution in [1.29, 1.82) is 0 Å². The van der Waals surface area contributed by atoms with E-state index in [-0.39, 0.29) is 6.04 Å². The van der Waals surface area contributed by atoms with Gasteiger partial charge in [-0.05, 0) is 20.0 Å². The molecule has 5 heteroatoms. The van der Waals surface area contributed by atoms with Crippen LogP contribution in [0.15, 0.2) is 24.8 Å². The number of aryl methyl sites for hydroxylation is 2. The van der Waals surface area contributed by atoms with Gasteiger partial charge in [-0.3, -0.25) is 4.68 Å². The fraction of sp³-hybridized carbons (Fsp3) is 0.364. The molecule has 0 aromatic carbocycles. The zero-order valence-corrected chi connectivity index (χ0v) is 9.68. The lowest BCUT2D eigenvalue weighted by molar-refractivity contribution is 0.601. The summed E-state index contributed by atoms with van der Waals surface area (Å²) in [5.41, 5.74) is 3.15. The smallest absolute Gasteiger partial charge is 0.115 e. The monoisotopic (exact) mass is 217 g/mol. The molecular formula is C11H15N5. The first-order valence-electron chi connectivity index (χ1n) is 5.15. The van der Waals surface area contributed by atoms with Crippen LogP contribution in [-0.4, -0.2) is 26.8 Å². The Labute approximate surface area is 94.5 Å². The second-order valence-corrected chi connectivity index (χ2v) is 3.73. The molecule has 0 radical (unpaired) electrons. The Balaban J connectivity index is 2.40. The van der Waals surface area contributed by atoms with Gasteiger partial charge in [0.05, 0.1) is 17.4 Å². The minimum atomic E-state index is 0.0763. The minimum Gasteiger partial charge on any atom is -0.308 e. The molecule has 0 amide bonds. The van der Waals surface area contributed by atoms with Crippen LogP contribution in [0.1, 0.15) is 23.0 Å². The van der Waals surface area contributed by atoms with Gasteiger partial charge in [-0.2, -0.15) is 5.10 Å². The van der Waals surface area contributed by atoms with Crippen molar-refractivity contribution in [3.05, 3.63) is 41.7 Å². The molecule has 5 nitrogen and oxygen atoms in total. The summed E-state index contributed by atoms with van der Waals surface area (Å²) >= 11 is 0. The molecule has 84 valence electrons. The fourth-order valence-corrected chi connectivity index (χ4v) is 1.85. The fourth-order valence-electron chi connectivity index (χ4n) is 1.85. The molecule has 2 heterocycles. The predicted molar refractivity (Wildman–Crippen MR) is 60.9 cm³/mol. The molecule has 0 aliphatic heterocycles. The van der Waals surface area contributed by atoms with Crippen LogP contribution in [0.5, 0.6) is 0 Å². The minimum absolute atomic E-state index is 0.0763. The molecule has 1 atom stereocenters. The second-order valence-electron chi connectivity index (χ2n) is 3.73. The standard InChI is InChI=1S/C11H15N5/c1-8-4-10(16(3)15-8)11(12-2)9-5-13-7-14-6-9/h4-7,11-12H,1-3H3. The molecule has 2 aromatic rings. The van der Waals surface area contributed by atoms with E-state index in [0.29, 0.717) is 0 Å². The summed E-state index contributed by atoms with van der Waals surface area (Å²) in [6, 6.07) is 2.14. The Morgan fingerprint density at radius 3 is 2.50 bits per heavy atom. The van der Waals surface area contributed by atoms with Crippen molar-refractivity contribution in [3.8, 4) is 0 Å². The van der Waals surface area contributed by atoms with Gasteiger partial charge in [-0.1, -0.05) is 0 Å². The maximum atomic E-state index is 4.34. The average Bonchev–Trinajstić information content (AvgIpc) is 2.61. The van der Waals surface area contributed by atoms with Crippen LogP contribution < -0.4 is 5.32 Å². The first-order valence-corrected chi connectivity index (χ1v) is 5.15. The van der Waals surface area contributed by atoms with Gasteiger partial charge in [0.2, 0.25) is 0 Å². The average molecular weight is 217 g/mol. The van der Waals surface area contributed by atoms with E-state index >= 15 is 0 Å². The molecular weight excluding hydrogens is 202 g/mol. The third-order valence-electron chi connectivity index (χ3n) is 2.54. The summed E-state index contributed by atoms with van der Waals surface area (Å²) in [5, 5.41) is 7.59. The lowest BCUT2D eigenvalue weighted by Crippen LogP contribution is -2.20. The largest absolute Gasteiger partial charge is 0.308 e. The van der Waals surface area contributed by atoms with E-state index in [9.17, 15) is 0 Å². The molecule has 2 aromatic heterocycles. The number of rotatable bonds is 3. The molecule has 1 N–H and O–H groups in total. The van der Waals surface area contributed by atoms with Crippen molar-refractivity contribution < 1.29 is 0 Å². The molecule has 1 unspecified atom stereocenters. The first kappa shape index (κ1) is 10.8. The van der Waals surface area contributed by atoms with Crippen LogP contribution in [0.25, 0.3) is 0 Å². The molecule has 2 rings (SSSR count). The van der Waals surface area contributed by atoms with Gasteiger partial charge in [0.25, 0.3) is 0 Å². The molecule has 16 heavy (non-hydrogen) atoms. The van der Waals surface area contributed by atoms with E-state index in [2.05, 4.69) is 26.4 Å². The molecule has 0 saturated carbocycles. The van der Waals surface area contributed by atoms with Gasteiger partial charge < -0.3 is 5.32 Å². The summed E-state index contributed by atoms with van der Waals surface area (Å²) in [5.74, 6) is 0. The summed E-state index contributed by atoms with van der Waals surface area (Å²) in [6.07, 6.45) is 5.16. The van der Waals surface area contributed by atoms with Crippen LogP contribution in [-0.2, 0) is 7.05 Å². The maximum Gasteiger partial charge on any atom is 0.115 e. The summed E-state index contributed by atoms with van der Waals surface area (Å²) in [7, 11) is 3.86. The Morgan fingerprint density at radius 2 is 2.00 bits per heavy atom. The van der Waals surface area contributed by atoms with E-state index in [1.54, 1.807) is 0 Å².